The van der Waals surface area contributed by atoms with Crippen LogP contribution in [0.25, 0.3) is 11.3 Å². The zero-order chi connectivity index (χ0) is 14.8. The second-order valence-electron chi connectivity index (χ2n) is 4.56. The van der Waals surface area contributed by atoms with E-state index in [1.807, 2.05) is 19.9 Å². The maximum atomic E-state index is 12.5. The molecule has 0 aliphatic carbocycles. The summed E-state index contributed by atoms with van der Waals surface area (Å²) in [6.45, 7) is 4.78. The molecule has 0 fully saturated rings. The van der Waals surface area contributed by atoms with Crippen molar-refractivity contribution in [1.82, 2.24) is 5.32 Å². The van der Waals surface area contributed by atoms with Crippen molar-refractivity contribution < 1.29 is 17.6 Å². The minimum Gasteiger partial charge on any atom is -0.459 e. The van der Waals surface area contributed by atoms with Gasteiger partial charge in [-0.25, -0.2) is 0 Å². The van der Waals surface area contributed by atoms with Gasteiger partial charge in [0.15, 0.2) is 0 Å². The van der Waals surface area contributed by atoms with Crippen molar-refractivity contribution in [2.45, 2.75) is 26.1 Å². The summed E-state index contributed by atoms with van der Waals surface area (Å²) in [6.07, 6.45) is -4.31. The van der Waals surface area contributed by atoms with E-state index in [-0.39, 0.29) is 6.04 Å². The van der Waals surface area contributed by atoms with Crippen LogP contribution in [0.4, 0.5) is 13.2 Å². The molecule has 0 saturated heterocycles. The molecule has 1 N–H and O–H groups in total. The van der Waals surface area contributed by atoms with Crippen molar-refractivity contribution in [1.29, 1.82) is 0 Å². The van der Waals surface area contributed by atoms with Gasteiger partial charge in [-0.1, -0.05) is 19.1 Å². The Kier molecular flexibility index (Phi) is 4.18. The van der Waals surface area contributed by atoms with Gasteiger partial charge in [0.25, 0.3) is 0 Å². The van der Waals surface area contributed by atoms with E-state index in [4.69, 9.17) is 4.42 Å². The fourth-order valence-corrected chi connectivity index (χ4v) is 1.97. The van der Waals surface area contributed by atoms with E-state index in [0.29, 0.717) is 11.3 Å². The Labute approximate surface area is 115 Å². The summed E-state index contributed by atoms with van der Waals surface area (Å²) in [5, 5.41) is 3.21. The summed E-state index contributed by atoms with van der Waals surface area (Å²) in [5.41, 5.74) is -0.0259. The highest BCUT2D eigenvalue weighted by Crippen LogP contribution is 2.31. The lowest BCUT2D eigenvalue weighted by molar-refractivity contribution is -0.137. The van der Waals surface area contributed by atoms with Gasteiger partial charge in [-0.2, -0.15) is 13.2 Å². The van der Waals surface area contributed by atoms with Crippen LogP contribution in [0.3, 0.4) is 0 Å². The summed E-state index contributed by atoms with van der Waals surface area (Å²) in [5.74, 6) is 1.33. The molecule has 1 aromatic carbocycles. The number of hydrogen-bond acceptors (Lipinski definition) is 2. The van der Waals surface area contributed by atoms with E-state index >= 15 is 0 Å². The lowest BCUT2D eigenvalue weighted by atomic mass is 10.1. The van der Waals surface area contributed by atoms with E-state index in [9.17, 15) is 13.2 Å². The molecule has 0 amide bonds. The molecular formula is C15H16F3NO. The molecule has 2 aromatic rings. The molecule has 2 nitrogen and oxygen atoms in total. The molecule has 108 valence electrons. The molecule has 20 heavy (non-hydrogen) atoms. The van der Waals surface area contributed by atoms with Crippen molar-refractivity contribution in [3.05, 3.63) is 47.7 Å². The van der Waals surface area contributed by atoms with Crippen LogP contribution in [0.2, 0.25) is 0 Å². The van der Waals surface area contributed by atoms with Gasteiger partial charge in [0.2, 0.25) is 0 Å². The van der Waals surface area contributed by atoms with E-state index in [1.54, 1.807) is 6.07 Å². The number of nitrogens with one attached hydrogen (secondary N) is 1. The van der Waals surface area contributed by atoms with Gasteiger partial charge >= 0.3 is 6.18 Å². The molecule has 0 spiro atoms. The van der Waals surface area contributed by atoms with Crippen LogP contribution in [-0.4, -0.2) is 6.54 Å². The maximum Gasteiger partial charge on any atom is 0.416 e. The van der Waals surface area contributed by atoms with Crippen molar-refractivity contribution in [3.8, 4) is 11.3 Å². The number of halogens is 3. The van der Waals surface area contributed by atoms with Gasteiger partial charge < -0.3 is 9.73 Å². The Morgan fingerprint density at radius 3 is 2.30 bits per heavy atom. The first-order chi connectivity index (χ1) is 9.41. The Morgan fingerprint density at radius 1 is 1.10 bits per heavy atom. The van der Waals surface area contributed by atoms with Crippen LogP contribution in [0.15, 0.2) is 40.8 Å². The first-order valence-corrected chi connectivity index (χ1v) is 6.42. The van der Waals surface area contributed by atoms with Gasteiger partial charge in [0.05, 0.1) is 11.6 Å². The van der Waals surface area contributed by atoms with Crippen LogP contribution in [0.5, 0.6) is 0 Å². The summed E-state index contributed by atoms with van der Waals surface area (Å²) in [7, 11) is 0. The Balaban J connectivity index is 2.20. The summed E-state index contributed by atoms with van der Waals surface area (Å²) in [4.78, 5) is 0. The molecule has 0 bridgehead atoms. The summed E-state index contributed by atoms with van der Waals surface area (Å²) >= 11 is 0. The zero-order valence-electron chi connectivity index (χ0n) is 11.3. The number of furan rings is 1. The third-order valence-electron chi connectivity index (χ3n) is 3.06. The number of benzene rings is 1. The van der Waals surface area contributed by atoms with E-state index in [1.165, 1.54) is 12.1 Å². The first kappa shape index (κ1) is 14.7. The van der Waals surface area contributed by atoms with Crippen molar-refractivity contribution >= 4 is 0 Å². The quantitative estimate of drug-likeness (QED) is 0.884. The normalized spacial score (nSPS) is 13.4. The molecule has 1 unspecified atom stereocenters. The van der Waals surface area contributed by atoms with E-state index < -0.39 is 11.7 Å². The van der Waals surface area contributed by atoms with Crippen LogP contribution >= 0.6 is 0 Å². The average Bonchev–Trinajstić information content (AvgIpc) is 2.88. The Morgan fingerprint density at radius 2 is 1.75 bits per heavy atom. The largest absolute Gasteiger partial charge is 0.459 e. The van der Waals surface area contributed by atoms with Crippen LogP contribution in [-0.2, 0) is 6.18 Å². The van der Waals surface area contributed by atoms with Crippen molar-refractivity contribution in [2.75, 3.05) is 6.54 Å². The standard InChI is InChI=1S/C15H16F3NO/c1-3-19-10(2)13-8-9-14(20-13)11-4-6-12(7-5-11)15(16,17)18/h4-10,19H,3H2,1-2H3. The smallest absolute Gasteiger partial charge is 0.416 e. The Bertz CT molecular complexity index is 557. The minimum absolute atomic E-state index is 0.0724. The second-order valence-corrected chi connectivity index (χ2v) is 4.56. The maximum absolute atomic E-state index is 12.5. The molecule has 0 saturated carbocycles. The third kappa shape index (κ3) is 3.22. The third-order valence-corrected chi connectivity index (χ3v) is 3.06. The predicted octanol–water partition coefficient (Wildman–Crippen LogP) is 4.64. The summed E-state index contributed by atoms with van der Waals surface area (Å²) in [6, 6.07) is 8.64. The molecule has 2 rings (SSSR count). The molecule has 1 atom stereocenters. The molecule has 5 heteroatoms. The molecule has 0 aliphatic rings. The average molecular weight is 283 g/mol. The van der Waals surface area contributed by atoms with Gasteiger partial charge in [0, 0.05) is 5.56 Å². The van der Waals surface area contributed by atoms with Crippen LogP contribution in [0.1, 0.15) is 31.2 Å². The highest BCUT2D eigenvalue weighted by atomic mass is 19.4. The topological polar surface area (TPSA) is 25.2 Å². The molecule has 0 radical (unpaired) electrons. The summed E-state index contributed by atoms with van der Waals surface area (Å²) < 4.78 is 43.1. The van der Waals surface area contributed by atoms with Crippen molar-refractivity contribution in [2.24, 2.45) is 0 Å². The van der Waals surface area contributed by atoms with Gasteiger partial charge in [-0.3, -0.25) is 0 Å². The van der Waals surface area contributed by atoms with Crippen molar-refractivity contribution in [3.63, 3.8) is 0 Å². The van der Waals surface area contributed by atoms with Gasteiger partial charge in [-0.05, 0) is 37.7 Å². The van der Waals surface area contributed by atoms with Crippen LogP contribution < -0.4 is 5.32 Å². The zero-order valence-corrected chi connectivity index (χ0v) is 11.3. The monoisotopic (exact) mass is 283 g/mol. The first-order valence-electron chi connectivity index (χ1n) is 6.42. The van der Waals surface area contributed by atoms with Gasteiger partial charge in [-0.15, -0.1) is 0 Å². The SMILES string of the molecule is CCNC(C)c1ccc(-c2ccc(C(F)(F)F)cc2)o1. The fourth-order valence-electron chi connectivity index (χ4n) is 1.97. The molecular weight excluding hydrogens is 267 g/mol. The highest BCUT2D eigenvalue weighted by Gasteiger charge is 2.30. The molecule has 1 heterocycles. The van der Waals surface area contributed by atoms with Crippen LogP contribution in [0, 0.1) is 0 Å². The lowest BCUT2D eigenvalue weighted by Gasteiger charge is -2.09. The fraction of sp³-hybridized carbons (Fsp3) is 0.333. The second kappa shape index (κ2) is 5.71. The number of rotatable bonds is 4. The van der Waals surface area contributed by atoms with E-state index in [2.05, 4.69) is 5.32 Å². The van der Waals surface area contributed by atoms with Gasteiger partial charge in [0.1, 0.15) is 11.5 Å². The molecule has 1 aromatic heterocycles. The minimum atomic E-state index is -4.31. The lowest BCUT2D eigenvalue weighted by Crippen LogP contribution is -2.16. The Hall–Kier alpha value is -1.75. The van der Waals surface area contributed by atoms with E-state index in [0.717, 1.165) is 24.4 Å². The highest BCUT2D eigenvalue weighted by molar-refractivity contribution is 5.58. The predicted molar refractivity (Wildman–Crippen MR) is 71.2 cm³/mol. The number of hydrogen-bond donors (Lipinski definition) is 1. The number of alkyl halides is 3. The molecule has 0 aliphatic heterocycles.